The lowest BCUT2D eigenvalue weighted by atomic mass is 10.1. The summed E-state index contributed by atoms with van der Waals surface area (Å²) >= 11 is 0. The monoisotopic (exact) mass is 294 g/mol. The number of alkyl halides is 3. The minimum absolute atomic E-state index is 0.379. The average molecular weight is 294 g/mol. The van der Waals surface area contributed by atoms with Crippen LogP contribution < -0.4 is 4.90 Å². The largest absolute Gasteiger partial charge is 0.469 e. The molecule has 1 aromatic carbocycles. The number of nitriles is 1. The number of hydrogen-bond donors (Lipinski definition) is 0. The molecule has 0 radical (unpaired) electrons. The van der Waals surface area contributed by atoms with E-state index in [9.17, 15) is 13.2 Å². The van der Waals surface area contributed by atoms with Crippen molar-refractivity contribution in [3.63, 3.8) is 0 Å². The van der Waals surface area contributed by atoms with Gasteiger partial charge in [0.25, 0.3) is 0 Å². The molecular formula is C15H13F3N2O. The Hall–Kier alpha value is -2.42. The molecule has 0 saturated heterocycles. The summed E-state index contributed by atoms with van der Waals surface area (Å²) in [5.41, 5.74) is 0.188. The molecule has 6 heteroatoms. The smallest absolute Gasteiger partial charge is 0.417 e. The molecule has 1 aromatic heterocycles. The molecule has 0 bridgehead atoms. The van der Waals surface area contributed by atoms with Crippen molar-refractivity contribution in [3.05, 3.63) is 53.0 Å². The highest BCUT2D eigenvalue weighted by atomic mass is 19.4. The van der Waals surface area contributed by atoms with Gasteiger partial charge in [-0.1, -0.05) is 0 Å². The minimum atomic E-state index is -4.52. The first kappa shape index (κ1) is 15.0. The van der Waals surface area contributed by atoms with Crippen LogP contribution in [0.15, 0.2) is 34.9 Å². The quantitative estimate of drug-likeness (QED) is 0.855. The SMILES string of the molecule is Cc1occc1CN(C)c1ccc(C(F)(F)F)c(C#N)c1. The summed E-state index contributed by atoms with van der Waals surface area (Å²) in [7, 11) is 1.75. The van der Waals surface area contributed by atoms with E-state index in [1.54, 1.807) is 30.3 Å². The number of rotatable bonds is 3. The molecule has 1 heterocycles. The zero-order chi connectivity index (χ0) is 15.6. The van der Waals surface area contributed by atoms with Gasteiger partial charge in [0, 0.05) is 24.8 Å². The summed E-state index contributed by atoms with van der Waals surface area (Å²) < 4.78 is 43.4. The fourth-order valence-electron chi connectivity index (χ4n) is 2.03. The van der Waals surface area contributed by atoms with Crippen LogP contribution in [0.2, 0.25) is 0 Å². The van der Waals surface area contributed by atoms with E-state index in [4.69, 9.17) is 9.68 Å². The zero-order valence-electron chi connectivity index (χ0n) is 11.5. The summed E-state index contributed by atoms with van der Waals surface area (Å²) in [6.07, 6.45) is -2.96. The predicted molar refractivity (Wildman–Crippen MR) is 71.7 cm³/mol. The van der Waals surface area contributed by atoms with Crippen molar-refractivity contribution in [2.24, 2.45) is 0 Å². The van der Waals surface area contributed by atoms with Crippen molar-refractivity contribution in [1.82, 2.24) is 0 Å². The maximum absolute atomic E-state index is 12.7. The van der Waals surface area contributed by atoms with E-state index in [0.29, 0.717) is 12.2 Å². The molecule has 0 saturated carbocycles. The third-order valence-corrected chi connectivity index (χ3v) is 3.24. The van der Waals surface area contributed by atoms with Gasteiger partial charge < -0.3 is 9.32 Å². The second-order valence-electron chi connectivity index (χ2n) is 4.70. The van der Waals surface area contributed by atoms with Crippen LogP contribution in [-0.4, -0.2) is 7.05 Å². The minimum Gasteiger partial charge on any atom is -0.469 e. The van der Waals surface area contributed by atoms with Gasteiger partial charge in [0.1, 0.15) is 5.76 Å². The summed E-state index contributed by atoms with van der Waals surface area (Å²) in [6.45, 7) is 2.30. The number of furan rings is 1. The second kappa shape index (κ2) is 5.52. The lowest BCUT2D eigenvalue weighted by Crippen LogP contribution is -2.17. The molecule has 3 nitrogen and oxygen atoms in total. The topological polar surface area (TPSA) is 40.2 Å². The third kappa shape index (κ3) is 3.19. The molecule has 0 aliphatic heterocycles. The van der Waals surface area contributed by atoms with Crippen molar-refractivity contribution in [2.75, 3.05) is 11.9 Å². The Kier molecular flexibility index (Phi) is 3.94. The van der Waals surface area contributed by atoms with Crippen LogP contribution >= 0.6 is 0 Å². The normalized spacial score (nSPS) is 11.2. The first-order valence-electron chi connectivity index (χ1n) is 6.18. The molecule has 0 spiro atoms. The molecule has 0 amide bonds. The van der Waals surface area contributed by atoms with E-state index in [2.05, 4.69) is 0 Å². The Bertz CT molecular complexity index is 683. The van der Waals surface area contributed by atoms with E-state index < -0.39 is 11.7 Å². The number of benzene rings is 1. The summed E-state index contributed by atoms with van der Waals surface area (Å²) in [5, 5.41) is 8.91. The molecule has 0 atom stereocenters. The van der Waals surface area contributed by atoms with Crippen LogP contribution in [0, 0.1) is 18.3 Å². The van der Waals surface area contributed by atoms with Crippen LogP contribution in [0.3, 0.4) is 0 Å². The molecule has 21 heavy (non-hydrogen) atoms. The molecule has 0 aliphatic carbocycles. The van der Waals surface area contributed by atoms with Gasteiger partial charge in [-0.05, 0) is 31.2 Å². The van der Waals surface area contributed by atoms with E-state index in [1.165, 1.54) is 12.1 Å². The number of aryl methyl sites for hydroxylation is 1. The molecule has 0 aliphatic rings. The van der Waals surface area contributed by atoms with Gasteiger partial charge >= 0.3 is 6.18 Å². The van der Waals surface area contributed by atoms with Gasteiger partial charge in [-0.25, -0.2) is 0 Å². The zero-order valence-corrected chi connectivity index (χ0v) is 11.5. The maximum atomic E-state index is 12.7. The van der Waals surface area contributed by atoms with E-state index >= 15 is 0 Å². The van der Waals surface area contributed by atoms with E-state index in [1.807, 2.05) is 6.92 Å². The average Bonchev–Trinajstić information content (AvgIpc) is 2.82. The summed E-state index contributed by atoms with van der Waals surface area (Å²) in [5.74, 6) is 0.759. The van der Waals surface area contributed by atoms with Crippen LogP contribution in [0.1, 0.15) is 22.5 Å². The second-order valence-corrected chi connectivity index (χ2v) is 4.70. The van der Waals surface area contributed by atoms with Crippen LogP contribution in [0.25, 0.3) is 0 Å². The van der Waals surface area contributed by atoms with Gasteiger partial charge in [-0.15, -0.1) is 0 Å². The Morgan fingerprint density at radius 1 is 1.29 bits per heavy atom. The number of halogens is 3. The Balaban J connectivity index is 2.29. The predicted octanol–water partition coefficient (Wildman–Crippen LogP) is 4.11. The number of nitrogens with zero attached hydrogens (tertiary/aromatic N) is 2. The van der Waals surface area contributed by atoms with Crippen molar-refractivity contribution in [1.29, 1.82) is 5.26 Å². The van der Waals surface area contributed by atoms with Gasteiger partial charge in [0.05, 0.1) is 23.5 Å². The molecule has 2 rings (SSSR count). The van der Waals surface area contributed by atoms with Gasteiger partial charge in [0.2, 0.25) is 0 Å². The lowest BCUT2D eigenvalue weighted by molar-refractivity contribution is -0.137. The molecule has 110 valence electrons. The summed E-state index contributed by atoms with van der Waals surface area (Å²) in [6, 6.07) is 6.95. The first-order valence-corrected chi connectivity index (χ1v) is 6.18. The van der Waals surface area contributed by atoms with E-state index in [0.717, 1.165) is 17.4 Å². The fourth-order valence-corrected chi connectivity index (χ4v) is 2.03. The standard InChI is InChI=1S/C15H13F3N2O/c1-10-11(5-6-21-10)9-20(2)13-3-4-14(15(16,17)18)12(7-13)8-19/h3-7H,9H2,1-2H3. The van der Waals surface area contributed by atoms with Gasteiger partial charge in [0.15, 0.2) is 0 Å². The number of hydrogen-bond acceptors (Lipinski definition) is 3. The Labute approximate surface area is 120 Å². The van der Waals surface area contributed by atoms with Crippen molar-refractivity contribution >= 4 is 5.69 Å². The molecule has 2 aromatic rings. The maximum Gasteiger partial charge on any atom is 0.417 e. The van der Waals surface area contributed by atoms with Crippen molar-refractivity contribution in [2.45, 2.75) is 19.6 Å². The molecule has 0 N–H and O–H groups in total. The first-order chi connectivity index (χ1) is 9.82. The highest BCUT2D eigenvalue weighted by molar-refractivity contribution is 5.55. The highest BCUT2D eigenvalue weighted by Gasteiger charge is 2.33. The van der Waals surface area contributed by atoms with Crippen molar-refractivity contribution < 1.29 is 17.6 Å². The Morgan fingerprint density at radius 3 is 2.52 bits per heavy atom. The molecule has 0 unspecified atom stereocenters. The van der Waals surface area contributed by atoms with Crippen LogP contribution in [-0.2, 0) is 12.7 Å². The molecular weight excluding hydrogens is 281 g/mol. The summed E-state index contributed by atoms with van der Waals surface area (Å²) in [4.78, 5) is 1.76. The Morgan fingerprint density at radius 2 is 2.00 bits per heavy atom. The van der Waals surface area contributed by atoms with E-state index in [-0.39, 0.29) is 5.56 Å². The lowest BCUT2D eigenvalue weighted by Gasteiger charge is -2.20. The van der Waals surface area contributed by atoms with Crippen LogP contribution in [0.5, 0.6) is 0 Å². The highest BCUT2D eigenvalue weighted by Crippen LogP contribution is 2.33. The van der Waals surface area contributed by atoms with Crippen molar-refractivity contribution in [3.8, 4) is 6.07 Å². The fraction of sp³-hybridized carbons (Fsp3) is 0.267. The third-order valence-electron chi connectivity index (χ3n) is 3.24. The molecule has 0 fully saturated rings. The van der Waals surface area contributed by atoms with Gasteiger partial charge in [-0.2, -0.15) is 18.4 Å². The number of anilines is 1. The van der Waals surface area contributed by atoms with Crippen LogP contribution in [0.4, 0.5) is 18.9 Å². The van der Waals surface area contributed by atoms with Gasteiger partial charge in [-0.3, -0.25) is 0 Å².